The third kappa shape index (κ3) is 3.57. The van der Waals surface area contributed by atoms with Crippen molar-refractivity contribution in [3.63, 3.8) is 0 Å². The number of benzene rings is 1. The maximum absolute atomic E-state index is 13.3. The highest BCUT2D eigenvalue weighted by molar-refractivity contribution is 7.99. The molecule has 3 aromatic rings. The van der Waals surface area contributed by atoms with E-state index in [9.17, 15) is 18.3 Å². The number of hydrogen-bond acceptors (Lipinski definition) is 5. The number of halogens is 3. The summed E-state index contributed by atoms with van der Waals surface area (Å²) in [5, 5.41) is 17.5. The van der Waals surface area contributed by atoms with Crippen molar-refractivity contribution >= 4 is 28.4 Å². The Hall–Kier alpha value is -1.87. The van der Waals surface area contributed by atoms with E-state index in [2.05, 4.69) is 15.2 Å². The summed E-state index contributed by atoms with van der Waals surface area (Å²) in [7, 11) is 0. The van der Waals surface area contributed by atoms with E-state index < -0.39 is 17.6 Å². The average molecular weight is 370 g/mol. The van der Waals surface area contributed by atoms with E-state index in [1.165, 1.54) is 11.8 Å². The van der Waals surface area contributed by atoms with E-state index >= 15 is 0 Å². The largest absolute Gasteiger partial charge is 0.452 e. The molecule has 0 aliphatic rings. The van der Waals surface area contributed by atoms with Crippen molar-refractivity contribution in [3.8, 4) is 0 Å². The van der Waals surface area contributed by atoms with Crippen LogP contribution in [0.15, 0.2) is 29.3 Å². The van der Waals surface area contributed by atoms with E-state index in [0.29, 0.717) is 34.7 Å². The number of fused-ring (bicyclic) bond motifs is 3. The Morgan fingerprint density at radius 3 is 2.60 bits per heavy atom. The smallest absolute Gasteiger partial charge is 0.390 e. The zero-order chi connectivity index (χ0) is 18.2. The molecule has 0 radical (unpaired) electrons. The molecule has 134 valence electrons. The summed E-state index contributed by atoms with van der Waals surface area (Å²) in [6.07, 6.45) is -3.52. The predicted octanol–water partition coefficient (Wildman–Crippen LogP) is 3.94. The molecule has 0 aliphatic carbocycles. The van der Waals surface area contributed by atoms with Gasteiger partial charge in [0.1, 0.15) is 5.03 Å². The zero-order valence-corrected chi connectivity index (χ0v) is 14.5. The first-order valence-electron chi connectivity index (χ1n) is 7.79. The first kappa shape index (κ1) is 17.9. The molecular formula is C16H17F3N4OS. The van der Waals surface area contributed by atoms with Crippen LogP contribution in [0.4, 0.5) is 13.2 Å². The van der Waals surface area contributed by atoms with Gasteiger partial charge >= 0.3 is 6.18 Å². The normalized spacial score (nSPS) is 15.0. The summed E-state index contributed by atoms with van der Waals surface area (Å²) < 4.78 is 40.8. The topological polar surface area (TPSA) is 63.3 Å². The van der Waals surface area contributed by atoms with E-state index in [0.717, 1.165) is 4.40 Å². The lowest BCUT2D eigenvalue weighted by molar-refractivity contribution is -0.145. The number of para-hydroxylation sites is 2. The van der Waals surface area contributed by atoms with Crippen molar-refractivity contribution < 1.29 is 18.3 Å². The third-order valence-corrected chi connectivity index (χ3v) is 5.05. The second-order valence-corrected chi connectivity index (χ2v) is 7.12. The first-order valence-corrected chi connectivity index (χ1v) is 8.78. The van der Waals surface area contributed by atoms with Gasteiger partial charge in [0.2, 0.25) is 5.82 Å². The zero-order valence-electron chi connectivity index (χ0n) is 13.7. The van der Waals surface area contributed by atoms with Gasteiger partial charge in [0, 0.05) is 5.75 Å². The van der Waals surface area contributed by atoms with Crippen LogP contribution in [0.2, 0.25) is 0 Å². The van der Waals surface area contributed by atoms with Crippen LogP contribution in [-0.4, -0.2) is 36.0 Å². The average Bonchev–Trinajstić information content (AvgIpc) is 3.00. The first-order chi connectivity index (χ1) is 11.7. The molecule has 1 atom stereocenters. The highest BCUT2D eigenvalue weighted by atomic mass is 32.2. The fourth-order valence-corrected chi connectivity index (χ4v) is 3.54. The number of thioether (sulfide) groups is 1. The Labute approximate surface area is 146 Å². The second-order valence-electron chi connectivity index (χ2n) is 6.04. The lowest BCUT2D eigenvalue weighted by Gasteiger charge is -2.20. The van der Waals surface area contributed by atoms with Gasteiger partial charge in [-0.3, -0.25) is 4.40 Å². The standard InChI is InChI=1S/C16H17F3N4OS/c1-3-15(2,24)8-9-25-13-12-21-22-14(16(17,18)19)23(12)11-7-5-4-6-10(11)20-13/h4-7,24H,3,8-9H2,1-2H3. The molecule has 0 saturated heterocycles. The summed E-state index contributed by atoms with van der Waals surface area (Å²) in [5.74, 6) is -0.556. The molecule has 0 fully saturated rings. The minimum atomic E-state index is -4.61. The van der Waals surface area contributed by atoms with Gasteiger partial charge in [-0.2, -0.15) is 13.2 Å². The van der Waals surface area contributed by atoms with Gasteiger partial charge in [0.25, 0.3) is 0 Å². The highest BCUT2D eigenvalue weighted by Crippen LogP contribution is 2.33. The molecule has 2 heterocycles. The predicted molar refractivity (Wildman–Crippen MR) is 89.5 cm³/mol. The summed E-state index contributed by atoms with van der Waals surface area (Å²) in [4.78, 5) is 4.43. The third-order valence-electron chi connectivity index (χ3n) is 4.09. The molecule has 2 aromatic heterocycles. The van der Waals surface area contributed by atoms with Crippen LogP contribution in [0.1, 0.15) is 32.5 Å². The van der Waals surface area contributed by atoms with Crippen molar-refractivity contribution in [1.29, 1.82) is 0 Å². The van der Waals surface area contributed by atoms with Crippen LogP contribution < -0.4 is 0 Å². The van der Waals surface area contributed by atoms with Gasteiger partial charge < -0.3 is 5.11 Å². The Bertz CT molecular complexity index is 907. The summed E-state index contributed by atoms with van der Waals surface area (Å²) >= 11 is 1.27. The van der Waals surface area contributed by atoms with Crippen molar-refractivity contribution in [3.05, 3.63) is 30.1 Å². The Morgan fingerprint density at radius 2 is 1.92 bits per heavy atom. The van der Waals surface area contributed by atoms with Crippen LogP contribution in [-0.2, 0) is 6.18 Å². The molecule has 0 amide bonds. The van der Waals surface area contributed by atoms with E-state index in [-0.39, 0.29) is 5.65 Å². The maximum atomic E-state index is 13.3. The van der Waals surface area contributed by atoms with Gasteiger partial charge in [-0.15, -0.1) is 22.0 Å². The van der Waals surface area contributed by atoms with Gasteiger partial charge in [-0.25, -0.2) is 4.98 Å². The maximum Gasteiger partial charge on any atom is 0.452 e. The van der Waals surface area contributed by atoms with Gasteiger partial charge in [0.05, 0.1) is 16.6 Å². The SMILES string of the molecule is CCC(C)(O)CCSc1nc2ccccc2n2c(C(F)(F)F)nnc12. The molecule has 1 N–H and O–H groups in total. The van der Waals surface area contributed by atoms with Crippen LogP contribution in [0.25, 0.3) is 16.7 Å². The highest BCUT2D eigenvalue weighted by Gasteiger charge is 2.38. The van der Waals surface area contributed by atoms with Crippen LogP contribution in [0.3, 0.4) is 0 Å². The molecule has 3 rings (SSSR count). The van der Waals surface area contributed by atoms with Crippen molar-refractivity contribution in [2.45, 2.75) is 43.5 Å². The van der Waals surface area contributed by atoms with E-state index in [4.69, 9.17) is 0 Å². The number of alkyl halides is 3. The quantitative estimate of drug-likeness (QED) is 0.689. The summed E-state index contributed by atoms with van der Waals surface area (Å²) in [5.41, 5.74) is 0.00207. The minimum absolute atomic E-state index is 0.0761. The fraction of sp³-hybridized carbons (Fsp3) is 0.438. The van der Waals surface area contributed by atoms with Crippen molar-refractivity contribution in [1.82, 2.24) is 19.6 Å². The van der Waals surface area contributed by atoms with E-state index in [1.54, 1.807) is 31.2 Å². The van der Waals surface area contributed by atoms with Crippen LogP contribution in [0.5, 0.6) is 0 Å². The number of rotatable bonds is 5. The molecule has 0 saturated carbocycles. The fourth-order valence-electron chi connectivity index (χ4n) is 2.38. The molecule has 0 spiro atoms. The van der Waals surface area contributed by atoms with Crippen LogP contribution >= 0.6 is 11.8 Å². The van der Waals surface area contributed by atoms with Gasteiger partial charge in [0.15, 0.2) is 5.65 Å². The number of nitrogens with zero attached hydrogens (tertiary/aromatic N) is 4. The van der Waals surface area contributed by atoms with Gasteiger partial charge in [-0.1, -0.05) is 19.1 Å². The molecule has 1 unspecified atom stereocenters. The Morgan fingerprint density at radius 1 is 1.20 bits per heavy atom. The monoisotopic (exact) mass is 370 g/mol. The molecule has 0 bridgehead atoms. The molecule has 5 nitrogen and oxygen atoms in total. The number of aliphatic hydroxyl groups is 1. The summed E-state index contributed by atoms with van der Waals surface area (Å²) in [6.45, 7) is 3.61. The lowest BCUT2D eigenvalue weighted by atomic mass is 10.0. The molecule has 0 aliphatic heterocycles. The van der Waals surface area contributed by atoms with Crippen molar-refractivity contribution in [2.75, 3.05) is 5.75 Å². The van der Waals surface area contributed by atoms with Crippen molar-refractivity contribution in [2.24, 2.45) is 0 Å². The Balaban J connectivity index is 2.08. The molecule has 1 aromatic carbocycles. The number of hydrogen-bond donors (Lipinski definition) is 1. The summed E-state index contributed by atoms with van der Waals surface area (Å²) in [6, 6.07) is 6.58. The molecule has 25 heavy (non-hydrogen) atoms. The number of aromatic nitrogens is 4. The molecular weight excluding hydrogens is 353 g/mol. The van der Waals surface area contributed by atoms with Gasteiger partial charge in [-0.05, 0) is 31.9 Å². The lowest BCUT2D eigenvalue weighted by Crippen LogP contribution is -2.23. The van der Waals surface area contributed by atoms with E-state index in [1.807, 2.05) is 6.92 Å². The second kappa shape index (κ2) is 6.45. The Kier molecular flexibility index (Phi) is 4.63. The molecule has 9 heteroatoms. The van der Waals surface area contributed by atoms with Crippen LogP contribution in [0, 0.1) is 0 Å². The minimum Gasteiger partial charge on any atom is -0.390 e.